The second kappa shape index (κ2) is 32.9. The molecular formula is C48H80N12O23. The van der Waals surface area contributed by atoms with Crippen molar-refractivity contribution in [3.63, 3.8) is 0 Å². The Kier molecular flexibility index (Phi) is 27.9. The number of ether oxygens (including phenoxy) is 5. The van der Waals surface area contributed by atoms with Crippen LogP contribution in [0.25, 0.3) is 0 Å². The van der Waals surface area contributed by atoms with Crippen LogP contribution in [0.1, 0.15) is 81.1 Å². The highest BCUT2D eigenvalue weighted by molar-refractivity contribution is 5.95. The van der Waals surface area contributed by atoms with Crippen molar-refractivity contribution in [2.24, 2.45) is 11.5 Å². The lowest BCUT2D eigenvalue weighted by Gasteiger charge is -2.47. The number of fused-ring (bicyclic) bond motifs is 2. The number of nitrogens with one attached hydrogen (secondary N) is 10. The van der Waals surface area contributed by atoms with Gasteiger partial charge < -0.3 is 119 Å². The van der Waals surface area contributed by atoms with Crippen molar-refractivity contribution >= 4 is 70.9 Å². The van der Waals surface area contributed by atoms with E-state index in [4.69, 9.17) is 35.2 Å². The maximum atomic E-state index is 13.6. The van der Waals surface area contributed by atoms with Crippen molar-refractivity contribution in [1.29, 1.82) is 0 Å². The zero-order valence-corrected chi connectivity index (χ0v) is 47.0. The molecule has 3 aliphatic heterocycles. The van der Waals surface area contributed by atoms with E-state index in [9.17, 15) is 88.2 Å². The molecule has 83 heavy (non-hydrogen) atoms. The van der Waals surface area contributed by atoms with Crippen LogP contribution in [-0.2, 0) is 81.2 Å². The summed E-state index contributed by atoms with van der Waals surface area (Å²) < 4.78 is 29.8. The van der Waals surface area contributed by atoms with Crippen LogP contribution in [0.4, 0.5) is 0 Å². The minimum atomic E-state index is -1.71. The fourth-order valence-corrected chi connectivity index (χ4v) is 8.48. The predicted octanol–water partition coefficient (Wildman–Crippen LogP) is -10.2. The third kappa shape index (κ3) is 21.1. The number of carbonyl (C=O) groups is 12. The van der Waals surface area contributed by atoms with E-state index >= 15 is 0 Å². The standard InChI is InChI=1S/C48H80N12O23/c1-17(49)39(70)60-31(21(5)63)45(76)53-19(3)41(72)59-27(14-61)43(74)51-13-9-10-26(44(75)54-20(4)46(77)78)57-30(66)12-11-25(38(50)69)58-40(71)18(2)52-42(73)22(6)80-37-33(56-24(8)65)47-79-16-29(82-47)36(37)83-48-32(55-23(7)64)35(68)34(67)28(15-62)81-48/h17-22,25-29,31-37,47-48,61-63,67-68H,9-16,49H2,1-8H3,(H2,50,69)(H,51,74)(H,52,73)(H,53,76)(H,54,75)(H,55,64)(H,56,65)(H,57,66)(H,58,71)(H,59,72)(H,60,70)(H,77,78). The molecule has 0 aromatic carbocycles. The molecule has 0 aromatic rings. The van der Waals surface area contributed by atoms with Gasteiger partial charge in [-0.3, -0.25) is 57.5 Å². The molecule has 0 radical (unpaired) electrons. The van der Waals surface area contributed by atoms with Crippen LogP contribution in [0, 0.1) is 0 Å². The van der Waals surface area contributed by atoms with E-state index in [0.29, 0.717) is 0 Å². The number of rotatable bonds is 32. The summed E-state index contributed by atoms with van der Waals surface area (Å²) in [5, 5.41) is 84.2. The molecule has 3 fully saturated rings. The predicted molar refractivity (Wildman–Crippen MR) is 278 cm³/mol. The highest BCUT2D eigenvalue weighted by atomic mass is 16.8. The minimum absolute atomic E-state index is 0.0850. The van der Waals surface area contributed by atoms with Gasteiger partial charge in [0.15, 0.2) is 12.6 Å². The molecule has 0 spiro atoms. The molecule has 35 heteroatoms. The Morgan fingerprint density at radius 2 is 1.22 bits per heavy atom. The first kappa shape index (κ1) is 70.5. The summed E-state index contributed by atoms with van der Waals surface area (Å²) in [5.74, 6) is -11.1. The van der Waals surface area contributed by atoms with Gasteiger partial charge in [0.25, 0.3) is 0 Å². The molecule has 11 amide bonds. The van der Waals surface area contributed by atoms with Crippen LogP contribution in [0.15, 0.2) is 0 Å². The Bertz CT molecular complexity index is 2320. The number of hydrogen-bond acceptors (Lipinski definition) is 23. The number of amides is 11. The summed E-state index contributed by atoms with van der Waals surface area (Å²) >= 11 is 0. The average molecular weight is 1190 g/mol. The van der Waals surface area contributed by atoms with Crippen molar-refractivity contribution < 1.29 is 112 Å². The first-order chi connectivity index (χ1) is 38.8. The van der Waals surface area contributed by atoms with Crippen LogP contribution in [-0.4, -0.2) is 250 Å². The zero-order valence-electron chi connectivity index (χ0n) is 47.0. The normalized spacial score (nSPS) is 26.4. The van der Waals surface area contributed by atoms with Crippen molar-refractivity contribution in [2.75, 3.05) is 26.4 Å². The smallest absolute Gasteiger partial charge is 0.325 e. The van der Waals surface area contributed by atoms with Crippen LogP contribution in [0.5, 0.6) is 0 Å². The van der Waals surface area contributed by atoms with Gasteiger partial charge in [0.2, 0.25) is 65.0 Å². The lowest BCUT2D eigenvalue weighted by Crippen LogP contribution is -2.68. The van der Waals surface area contributed by atoms with Crippen molar-refractivity contribution in [1.82, 2.24) is 53.2 Å². The molecule has 20 N–H and O–H groups in total. The summed E-state index contributed by atoms with van der Waals surface area (Å²) in [6.07, 6.45) is -15.3. The van der Waals surface area contributed by atoms with Gasteiger partial charge in [-0.1, -0.05) is 0 Å². The van der Waals surface area contributed by atoms with E-state index in [1.54, 1.807) is 0 Å². The fraction of sp³-hybridized carbons (Fsp3) is 0.750. The highest BCUT2D eigenvalue weighted by Gasteiger charge is 2.56. The lowest BCUT2D eigenvalue weighted by molar-refractivity contribution is -0.313. The van der Waals surface area contributed by atoms with Gasteiger partial charge in [0.05, 0.1) is 32.0 Å². The number of aliphatic carboxylic acids is 1. The average Bonchev–Trinajstić information content (AvgIpc) is 3.91. The molecule has 3 rings (SSSR count). The van der Waals surface area contributed by atoms with Crippen molar-refractivity contribution in [3.05, 3.63) is 0 Å². The molecule has 20 atom stereocenters. The van der Waals surface area contributed by atoms with Gasteiger partial charge >= 0.3 is 5.97 Å². The largest absolute Gasteiger partial charge is 0.480 e. The molecule has 3 heterocycles. The molecule has 20 unspecified atom stereocenters. The lowest BCUT2D eigenvalue weighted by atomic mass is 9.95. The van der Waals surface area contributed by atoms with Crippen LogP contribution in [0.2, 0.25) is 0 Å². The topological polar surface area (TPSA) is 545 Å². The second-order valence-electron chi connectivity index (χ2n) is 20.2. The fourth-order valence-electron chi connectivity index (χ4n) is 8.48. The highest BCUT2D eigenvalue weighted by Crippen LogP contribution is 2.35. The van der Waals surface area contributed by atoms with E-state index in [0.717, 1.165) is 13.8 Å². The van der Waals surface area contributed by atoms with E-state index in [1.165, 1.54) is 41.5 Å². The van der Waals surface area contributed by atoms with E-state index in [1.807, 2.05) is 0 Å². The Balaban J connectivity index is 1.63. The van der Waals surface area contributed by atoms with E-state index < -0.39 is 219 Å². The van der Waals surface area contributed by atoms with Gasteiger partial charge in [-0.25, -0.2) is 0 Å². The summed E-state index contributed by atoms with van der Waals surface area (Å²) in [6.45, 7) is 7.67. The Hall–Kier alpha value is -6.80. The SMILES string of the molecule is CC(=O)NC1C(OC2C3COC(O3)C(NC(C)=O)C2OC(C)C(=O)NC(C)C(=O)NC(CCC(=O)NC(CCCNC(=O)C(CO)NC(=O)C(C)NC(=O)C(NC(=O)C(C)N)C(C)O)C(=O)NC(C)C(=O)O)C(N)=O)OC(CO)C(O)C1O. The Labute approximate surface area is 475 Å². The third-order valence-electron chi connectivity index (χ3n) is 13.2. The van der Waals surface area contributed by atoms with Gasteiger partial charge in [-0.15, -0.1) is 0 Å². The number of carboxylic acid groups (broad SMARTS) is 1. The van der Waals surface area contributed by atoms with E-state index in [2.05, 4.69) is 53.2 Å². The van der Waals surface area contributed by atoms with Crippen LogP contribution >= 0.6 is 0 Å². The Morgan fingerprint density at radius 1 is 0.639 bits per heavy atom. The Morgan fingerprint density at radius 3 is 1.76 bits per heavy atom. The quantitative estimate of drug-likeness (QED) is 0.0278. The maximum Gasteiger partial charge on any atom is 0.325 e. The van der Waals surface area contributed by atoms with Gasteiger partial charge in [-0.2, -0.15) is 0 Å². The number of nitrogens with two attached hydrogens (primary N) is 2. The molecule has 2 bridgehead atoms. The molecule has 3 saturated heterocycles. The third-order valence-corrected chi connectivity index (χ3v) is 13.2. The summed E-state index contributed by atoms with van der Waals surface area (Å²) in [4.78, 5) is 153. The monoisotopic (exact) mass is 1190 g/mol. The number of aliphatic hydroxyl groups excluding tert-OH is 5. The first-order valence-corrected chi connectivity index (χ1v) is 26.5. The number of carboxylic acids is 1. The molecule has 0 aromatic heterocycles. The molecule has 0 aliphatic carbocycles. The maximum absolute atomic E-state index is 13.6. The summed E-state index contributed by atoms with van der Waals surface area (Å²) in [5.41, 5.74) is 11.1. The summed E-state index contributed by atoms with van der Waals surface area (Å²) in [6, 6.07) is -13.9. The first-order valence-electron chi connectivity index (χ1n) is 26.5. The number of primary amides is 1. The molecule has 0 saturated carbocycles. The van der Waals surface area contributed by atoms with Crippen molar-refractivity contribution in [2.45, 2.75) is 203 Å². The van der Waals surface area contributed by atoms with Crippen molar-refractivity contribution in [3.8, 4) is 0 Å². The number of hydrogen-bond donors (Lipinski definition) is 18. The number of aliphatic hydroxyl groups is 5. The molecule has 3 aliphatic rings. The summed E-state index contributed by atoms with van der Waals surface area (Å²) in [7, 11) is 0. The number of carbonyl (C=O) groups excluding carboxylic acids is 11. The zero-order chi connectivity index (χ0) is 62.7. The van der Waals surface area contributed by atoms with Crippen LogP contribution < -0.4 is 64.6 Å². The molecule has 470 valence electrons. The van der Waals surface area contributed by atoms with Gasteiger partial charge in [0, 0.05) is 26.8 Å². The molecule has 35 nitrogen and oxygen atoms in total. The van der Waals surface area contributed by atoms with Crippen LogP contribution in [0.3, 0.4) is 0 Å². The molecular weight excluding hydrogens is 1110 g/mol. The van der Waals surface area contributed by atoms with Gasteiger partial charge in [0.1, 0.15) is 97.1 Å². The second-order valence-corrected chi connectivity index (χ2v) is 20.2. The van der Waals surface area contributed by atoms with E-state index in [-0.39, 0.29) is 26.0 Å². The van der Waals surface area contributed by atoms with Gasteiger partial charge in [-0.05, 0) is 60.8 Å². The minimum Gasteiger partial charge on any atom is -0.480 e.